The molecular formula is C16H19NO2. The Balaban J connectivity index is 1.98. The lowest BCUT2D eigenvalue weighted by molar-refractivity contribution is 0.280. The van der Waals surface area contributed by atoms with Crippen molar-refractivity contribution in [1.29, 1.82) is 0 Å². The summed E-state index contributed by atoms with van der Waals surface area (Å²) in [6, 6.07) is 13.4. The predicted molar refractivity (Wildman–Crippen MR) is 75.8 cm³/mol. The first kappa shape index (κ1) is 13.6. The van der Waals surface area contributed by atoms with Gasteiger partial charge in [-0.3, -0.25) is 0 Å². The number of aromatic hydroxyl groups is 1. The Hall–Kier alpha value is -1.84. The van der Waals surface area contributed by atoms with Crippen molar-refractivity contribution >= 4 is 0 Å². The van der Waals surface area contributed by atoms with Crippen LogP contribution in [0.25, 0.3) is 0 Å². The molecule has 0 saturated carbocycles. The normalized spacial score (nSPS) is 10.6. The summed E-state index contributed by atoms with van der Waals surface area (Å²) in [5.74, 6) is 0.313. The summed E-state index contributed by atoms with van der Waals surface area (Å²) in [6.07, 6.45) is 0. The van der Waals surface area contributed by atoms with Gasteiger partial charge in [-0.15, -0.1) is 0 Å². The van der Waals surface area contributed by atoms with Crippen LogP contribution < -0.4 is 5.32 Å². The molecule has 100 valence electrons. The van der Waals surface area contributed by atoms with Crippen LogP contribution in [0.4, 0.5) is 0 Å². The van der Waals surface area contributed by atoms with Crippen LogP contribution in [-0.4, -0.2) is 10.2 Å². The minimum Gasteiger partial charge on any atom is -0.508 e. The molecule has 0 atom stereocenters. The Bertz CT molecular complexity index is 552. The summed E-state index contributed by atoms with van der Waals surface area (Å²) in [5.41, 5.74) is 4.03. The van der Waals surface area contributed by atoms with Crippen molar-refractivity contribution in [2.24, 2.45) is 0 Å². The van der Waals surface area contributed by atoms with Crippen LogP contribution in [-0.2, 0) is 19.7 Å². The Kier molecular flexibility index (Phi) is 4.55. The molecule has 2 aromatic carbocycles. The van der Waals surface area contributed by atoms with E-state index >= 15 is 0 Å². The SMILES string of the molecule is Cc1ccc(O)c(CNCc2ccccc2CO)c1. The van der Waals surface area contributed by atoms with Gasteiger partial charge in [0.25, 0.3) is 0 Å². The average molecular weight is 257 g/mol. The van der Waals surface area contributed by atoms with E-state index in [2.05, 4.69) is 5.32 Å². The van der Waals surface area contributed by atoms with Crippen LogP contribution in [0.3, 0.4) is 0 Å². The number of benzene rings is 2. The molecule has 3 nitrogen and oxygen atoms in total. The van der Waals surface area contributed by atoms with Crippen molar-refractivity contribution in [3.05, 3.63) is 64.7 Å². The lowest BCUT2D eigenvalue weighted by Gasteiger charge is -2.10. The van der Waals surface area contributed by atoms with E-state index in [0.29, 0.717) is 18.8 Å². The van der Waals surface area contributed by atoms with Gasteiger partial charge >= 0.3 is 0 Å². The van der Waals surface area contributed by atoms with Crippen molar-refractivity contribution in [3.8, 4) is 5.75 Å². The monoisotopic (exact) mass is 257 g/mol. The predicted octanol–water partition coefficient (Wildman–Crippen LogP) is 2.48. The molecule has 0 unspecified atom stereocenters. The summed E-state index contributed by atoms with van der Waals surface area (Å²) in [6.45, 7) is 3.33. The van der Waals surface area contributed by atoms with Gasteiger partial charge in [-0.1, -0.05) is 42.0 Å². The van der Waals surface area contributed by atoms with E-state index < -0.39 is 0 Å². The third-order valence-corrected chi connectivity index (χ3v) is 3.15. The van der Waals surface area contributed by atoms with Crippen LogP contribution in [0.2, 0.25) is 0 Å². The fraction of sp³-hybridized carbons (Fsp3) is 0.250. The second-order valence-corrected chi connectivity index (χ2v) is 4.66. The third-order valence-electron chi connectivity index (χ3n) is 3.15. The Morgan fingerprint density at radius 3 is 2.37 bits per heavy atom. The minimum atomic E-state index is 0.0492. The molecule has 0 fully saturated rings. The highest BCUT2D eigenvalue weighted by Crippen LogP contribution is 2.18. The van der Waals surface area contributed by atoms with Crippen molar-refractivity contribution in [2.75, 3.05) is 0 Å². The summed E-state index contributed by atoms with van der Waals surface area (Å²) >= 11 is 0. The maximum atomic E-state index is 9.75. The molecule has 3 heteroatoms. The van der Waals surface area contributed by atoms with Gasteiger partial charge in [0.15, 0.2) is 0 Å². The number of rotatable bonds is 5. The van der Waals surface area contributed by atoms with Crippen LogP contribution in [0.5, 0.6) is 5.75 Å². The topological polar surface area (TPSA) is 52.5 Å². The van der Waals surface area contributed by atoms with Crippen molar-refractivity contribution < 1.29 is 10.2 Å². The average Bonchev–Trinajstić information content (AvgIpc) is 2.43. The largest absolute Gasteiger partial charge is 0.508 e. The maximum Gasteiger partial charge on any atom is 0.120 e. The molecule has 2 rings (SSSR count). The van der Waals surface area contributed by atoms with E-state index in [-0.39, 0.29) is 6.61 Å². The van der Waals surface area contributed by atoms with E-state index in [1.54, 1.807) is 6.07 Å². The molecule has 0 spiro atoms. The van der Waals surface area contributed by atoms with Crippen molar-refractivity contribution in [3.63, 3.8) is 0 Å². The van der Waals surface area contributed by atoms with Crippen LogP contribution >= 0.6 is 0 Å². The van der Waals surface area contributed by atoms with Gasteiger partial charge < -0.3 is 15.5 Å². The zero-order valence-electron chi connectivity index (χ0n) is 11.1. The molecule has 0 saturated heterocycles. The first-order chi connectivity index (χ1) is 9.20. The number of nitrogens with one attached hydrogen (secondary N) is 1. The molecule has 0 heterocycles. The smallest absolute Gasteiger partial charge is 0.120 e. The second-order valence-electron chi connectivity index (χ2n) is 4.66. The van der Waals surface area contributed by atoms with Gasteiger partial charge in [0, 0.05) is 18.7 Å². The molecule has 3 N–H and O–H groups in total. The molecule has 2 aromatic rings. The summed E-state index contributed by atoms with van der Waals surface area (Å²) < 4.78 is 0. The molecule has 0 aliphatic heterocycles. The van der Waals surface area contributed by atoms with E-state index in [1.807, 2.05) is 43.3 Å². The molecule has 0 radical (unpaired) electrons. The van der Waals surface area contributed by atoms with Crippen LogP contribution in [0, 0.1) is 6.92 Å². The first-order valence-electron chi connectivity index (χ1n) is 6.37. The van der Waals surface area contributed by atoms with Crippen molar-refractivity contribution in [2.45, 2.75) is 26.6 Å². The number of hydrogen-bond donors (Lipinski definition) is 3. The Morgan fingerprint density at radius 1 is 0.947 bits per heavy atom. The third kappa shape index (κ3) is 3.56. The summed E-state index contributed by atoms with van der Waals surface area (Å²) in [4.78, 5) is 0. The Labute approximate surface area is 113 Å². The van der Waals surface area contributed by atoms with Crippen LogP contribution in [0.1, 0.15) is 22.3 Å². The molecular weight excluding hydrogens is 238 g/mol. The van der Waals surface area contributed by atoms with Gasteiger partial charge in [0.2, 0.25) is 0 Å². The van der Waals surface area contributed by atoms with Gasteiger partial charge in [-0.05, 0) is 24.1 Å². The summed E-state index contributed by atoms with van der Waals surface area (Å²) in [5, 5.41) is 22.3. The zero-order valence-corrected chi connectivity index (χ0v) is 11.1. The number of aliphatic hydroxyl groups is 1. The number of aliphatic hydroxyl groups excluding tert-OH is 1. The molecule has 0 amide bonds. The number of hydrogen-bond acceptors (Lipinski definition) is 3. The van der Waals surface area contributed by atoms with Gasteiger partial charge in [-0.25, -0.2) is 0 Å². The molecule has 0 aliphatic carbocycles. The quantitative estimate of drug-likeness (QED) is 0.771. The highest BCUT2D eigenvalue weighted by atomic mass is 16.3. The molecule has 19 heavy (non-hydrogen) atoms. The van der Waals surface area contributed by atoms with Crippen molar-refractivity contribution in [1.82, 2.24) is 5.32 Å². The van der Waals surface area contributed by atoms with Gasteiger partial charge in [-0.2, -0.15) is 0 Å². The number of phenols is 1. The lowest BCUT2D eigenvalue weighted by atomic mass is 10.1. The highest BCUT2D eigenvalue weighted by Gasteiger charge is 2.03. The number of phenolic OH excluding ortho intramolecular Hbond substituents is 1. The fourth-order valence-electron chi connectivity index (χ4n) is 2.07. The lowest BCUT2D eigenvalue weighted by Crippen LogP contribution is -2.14. The van der Waals surface area contributed by atoms with Gasteiger partial charge in [0.05, 0.1) is 6.61 Å². The second kappa shape index (κ2) is 6.36. The molecule has 0 aromatic heterocycles. The van der Waals surface area contributed by atoms with E-state index in [0.717, 1.165) is 22.3 Å². The van der Waals surface area contributed by atoms with Gasteiger partial charge in [0.1, 0.15) is 5.75 Å². The zero-order chi connectivity index (χ0) is 13.7. The van der Waals surface area contributed by atoms with E-state index in [9.17, 15) is 10.2 Å². The molecule has 0 bridgehead atoms. The first-order valence-corrected chi connectivity index (χ1v) is 6.37. The van der Waals surface area contributed by atoms with E-state index in [1.165, 1.54) is 0 Å². The standard InChI is InChI=1S/C16H19NO2/c1-12-6-7-16(19)15(8-12)10-17-9-13-4-2-3-5-14(13)11-18/h2-8,17-19H,9-11H2,1H3. The maximum absolute atomic E-state index is 9.75. The molecule has 0 aliphatic rings. The highest BCUT2D eigenvalue weighted by molar-refractivity contribution is 5.35. The number of aryl methyl sites for hydroxylation is 1. The fourth-order valence-corrected chi connectivity index (χ4v) is 2.07. The minimum absolute atomic E-state index is 0.0492. The van der Waals surface area contributed by atoms with E-state index in [4.69, 9.17) is 0 Å². The Morgan fingerprint density at radius 2 is 1.63 bits per heavy atom. The summed E-state index contributed by atoms with van der Waals surface area (Å²) in [7, 11) is 0. The van der Waals surface area contributed by atoms with Crippen LogP contribution in [0.15, 0.2) is 42.5 Å².